The number of nitro groups is 1. The highest BCUT2D eigenvalue weighted by Crippen LogP contribution is 2.37. The largest absolute Gasteiger partial charge is 0.454 e. The Morgan fingerprint density at radius 3 is 2.66 bits per heavy atom. The Labute approximate surface area is 213 Å². The van der Waals surface area contributed by atoms with E-state index < -0.39 is 4.92 Å². The number of nitrogens with zero attached hydrogens (tertiary/aromatic N) is 4. The zero-order valence-electron chi connectivity index (χ0n) is 18.8. The van der Waals surface area contributed by atoms with Crippen molar-refractivity contribution in [2.45, 2.75) is 13.8 Å². The molecule has 0 N–H and O–H groups in total. The Hall–Kier alpha value is -3.76. The number of benzene rings is 3. The minimum Gasteiger partial charge on any atom is -0.454 e. The summed E-state index contributed by atoms with van der Waals surface area (Å²) in [6.45, 7) is 4.09. The molecule has 10 heteroatoms. The molecule has 176 valence electrons. The second-order valence-electron chi connectivity index (χ2n) is 7.79. The maximum absolute atomic E-state index is 11.7. The molecule has 0 spiro atoms. The zero-order chi connectivity index (χ0) is 24.5. The first-order valence-corrected chi connectivity index (χ1v) is 12.3. The van der Waals surface area contributed by atoms with Crippen molar-refractivity contribution in [2.24, 2.45) is 10.1 Å². The highest BCUT2D eigenvalue weighted by Gasteiger charge is 2.22. The fourth-order valence-corrected chi connectivity index (χ4v) is 4.96. The summed E-state index contributed by atoms with van der Waals surface area (Å²) in [5.74, 6) is 0.787. The summed E-state index contributed by atoms with van der Waals surface area (Å²) < 4.78 is 13.3. The molecule has 0 radical (unpaired) electrons. The molecule has 4 aromatic rings. The number of hydrogen-bond acceptors (Lipinski definition) is 7. The number of halogens is 1. The average Bonchev–Trinajstić information content (AvgIpc) is 3.46. The van der Waals surface area contributed by atoms with Crippen LogP contribution in [0.5, 0.6) is 11.5 Å². The summed E-state index contributed by atoms with van der Waals surface area (Å²) in [5.41, 5.74) is 4.95. The molecule has 1 aliphatic rings. The van der Waals surface area contributed by atoms with Crippen LogP contribution in [-0.4, -0.2) is 22.6 Å². The minimum absolute atomic E-state index is 0.0252. The van der Waals surface area contributed by atoms with Crippen molar-refractivity contribution in [3.8, 4) is 22.8 Å². The van der Waals surface area contributed by atoms with Gasteiger partial charge < -0.3 is 9.47 Å². The van der Waals surface area contributed by atoms with E-state index in [1.807, 2.05) is 61.7 Å². The molecule has 1 aliphatic heterocycles. The van der Waals surface area contributed by atoms with Gasteiger partial charge in [-0.25, -0.2) is 9.67 Å². The van der Waals surface area contributed by atoms with Crippen LogP contribution in [0.1, 0.15) is 16.7 Å². The van der Waals surface area contributed by atoms with Gasteiger partial charge in [-0.3, -0.25) is 10.1 Å². The van der Waals surface area contributed by atoms with Gasteiger partial charge in [-0.15, -0.1) is 11.3 Å². The van der Waals surface area contributed by atoms with E-state index >= 15 is 0 Å². The molecular formula is C25H19BrN4O4S. The van der Waals surface area contributed by atoms with E-state index in [0.29, 0.717) is 21.9 Å². The van der Waals surface area contributed by atoms with Crippen LogP contribution in [0.15, 0.2) is 74.5 Å². The monoisotopic (exact) mass is 550 g/mol. The van der Waals surface area contributed by atoms with Gasteiger partial charge in [-0.05, 0) is 43.2 Å². The Bertz CT molecular complexity index is 1560. The molecule has 8 nitrogen and oxygen atoms in total. The summed E-state index contributed by atoms with van der Waals surface area (Å²) in [5, 5.41) is 18.3. The fraction of sp³-hybridized carbons (Fsp3) is 0.120. The Morgan fingerprint density at radius 1 is 1.11 bits per heavy atom. The first-order chi connectivity index (χ1) is 16.9. The predicted octanol–water partition coefficient (Wildman–Crippen LogP) is 6.35. The van der Waals surface area contributed by atoms with Crippen molar-refractivity contribution in [3.63, 3.8) is 0 Å². The fourth-order valence-electron chi connectivity index (χ4n) is 3.63. The second-order valence-corrected chi connectivity index (χ2v) is 9.48. The number of aromatic nitrogens is 1. The van der Waals surface area contributed by atoms with Gasteiger partial charge in [0.25, 0.3) is 5.69 Å². The third-order valence-corrected chi connectivity index (χ3v) is 7.17. The zero-order valence-corrected chi connectivity index (χ0v) is 21.2. The highest BCUT2D eigenvalue weighted by molar-refractivity contribution is 9.10. The van der Waals surface area contributed by atoms with Crippen LogP contribution in [0.4, 0.5) is 11.4 Å². The summed E-state index contributed by atoms with van der Waals surface area (Å²) in [6, 6.07) is 16.7. The molecule has 0 fully saturated rings. The lowest BCUT2D eigenvalue weighted by atomic mass is 10.1. The van der Waals surface area contributed by atoms with Gasteiger partial charge in [0.2, 0.25) is 11.6 Å². The SMILES string of the molecule is Cc1cccc(N=c2scc(-c3ccccc3Br)n2N=Cc2cc3c(cc2[N+](=O)[O-])OCO3)c1C. The standard InChI is InChI=1S/C25H19BrN4O4S/c1-15-6-5-9-20(16(15)2)28-25-29(22(13-35-25)18-7-3-4-8-19(18)26)27-12-17-10-23-24(34-14-33-23)11-21(17)30(31)32/h3-13H,14H2,1-2H3. The van der Waals surface area contributed by atoms with Crippen LogP contribution < -0.4 is 14.3 Å². The minimum atomic E-state index is -0.461. The molecule has 0 amide bonds. The summed E-state index contributed by atoms with van der Waals surface area (Å²) >= 11 is 5.05. The Morgan fingerprint density at radius 2 is 1.89 bits per heavy atom. The van der Waals surface area contributed by atoms with E-state index in [1.165, 1.54) is 23.6 Å². The average molecular weight is 551 g/mol. The van der Waals surface area contributed by atoms with Crippen LogP contribution in [-0.2, 0) is 0 Å². The van der Waals surface area contributed by atoms with Crippen LogP contribution >= 0.6 is 27.3 Å². The molecule has 3 aromatic carbocycles. The first-order valence-electron chi connectivity index (χ1n) is 10.6. The number of aryl methyl sites for hydroxylation is 1. The first kappa shape index (κ1) is 23.0. The predicted molar refractivity (Wildman–Crippen MR) is 139 cm³/mol. The highest BCUT2D eigenvalue weighted by atomic mass is 79.9. The van der Waals surface area contributed by atoms with Crippen molar-refractivity contribution < 1.29 is 14.4 Å². The maximum atomic E-state index is 11.7. The number of rotatable bonds is 5. The third kappa shape index (κ3) is 4.50. The molecule has 1 aromatic heterocycles. The van der Waals surface area contributed by atoms with Gasteiger partial charge in [0.1, 0.15) is 0 Å². The summed E-state index contributed by atoms with van der Waals surface area (Å²) in [4.78, 5) is 16.8. The molecule has 2 heterocycles. The van der Waals surface area contributed by atoms with E-state index in [0.717, 1.165) is 32.5 Å². The van der Waals surface area contributed by atoms with E-state index in [2.05, 4.69) is 21.0 Å². The molecule has 0 bridgehead atoms. The summed E-state index contributed by atoms with van der Waals surface area (Å²) in [6.07, 6.45) is 1.45. The van der Waals surface area contributed by atoms with Gasteiger partial charge in [-0.2, -0.15) is 5.10 Å². The molecule has 0 saturated heterocycles. The normalized spacial score (nSPS) is 13.1. The van der Waals surface area contributed by atoms with Crippen molar-refractivity contribution in [2.75, 3.05) is 6.79 Å². The second kappa shape index (κ2) is 9.47. The lowest BCUT2D eigenvalue weighted by Crippen LogP contribution is -2.12. The smallest absolute Gasteiger partial charge is 0.282 e. The number of ether oxygens (including phenoxy) is 2. The lowest BCUT2D eigenvalue weighted by Gasteiger charge is -2.07. The molecule has 35 heavy (non-hydrogen) atoms. The maximum Gasteiger partial charge on any atom is 0.282 e. The van der Waals surface area contributed by atoms with Crippen LogP contribution in [0, 0.1) is 24.0 Å². The number of nitro benzene ring substituents is 1. The van der Waals surface area contributed by atoms with Gasteiger partial charge in [-0.1, -0.05) is 46.3 Å². The van der Waals surface area contributed by atoms with Crippen molar-refractivity contribution in [1.29, 1.82) is 0 Å². The van der Waals surface area contributed by atoms with Crippen molar-refractivity contribution in [1.82, 2.24) is 4.68 Å². The van der Waals surface area contributed by atoms with E-state index in [-0.39, 0.29) is 12.5 Å². The topological polar surface area (TPSA) is 91.2 Å². The van der Waals surface area contributed by atoms with Crippen LogP contribution in [0.25, 0.3) is 11.3 Å². The molecule has 5 rings (SSSR count). The van der Waals surface area contributed by atoms with Gasteiger partial charge >= 0.3 is 0 Å². The molecule has 0 unspecified atom stereocenters. The summed E-state index contributed by atoms with van der Waals surface area (Å²) in [7, 11) is 0. The number of fused-ring (bicyclic) bond motifs is 1. The van der Waals surface area contributed by atoms with Crippen molar-refractivity contribution >= 4 is 44.9 Å². The van der Waals surface area contributed by atoms with E-state index in [1.54, 1.807) is 10.7 Å². The lowest BCUT2D eigenvalue weighted by molar-refractivity contribution is -0.385. The molecule has 0 saturated carbocycles. The molecule has 0 atom stereocenters. The van der Waals surface area contributed by atoms with E-state index in [9.17, 15) is 10.1 Å². The third-order valence-electron chi connectivity index (χ3n) is 5.66. The molecular weight excluding hydrogens is 532 g/mol. The quantitative estimate of drug-likeness (QED) is 0.164. The van der Waals surface area contributed by atoms with Gasteiger partial charge in [0.15, 0.2) is 11.5 Å². The van der Waals surface area contributed by atoms with Gasteiger partial charge in [0, 0.05) is 15.4 Å². The van der Waals surface area contributed by atoms with Crippen LogP contribution in [0.3, 0.4) is 0 Å². The Balaban J connectivity index is 1.69. The number of hydrogen-bond donors (Lipinski definition) is 0. The van der Waals surface area contributed by atoms with Crippen LogP contribution in [0.2, 0.25) is 0 Å². The Kier molecular flexibility index (Phi) is 6.23. The molecule has 0 aliphatic carbocycles. The van der Waals surface area contributed by atoms with Crippen molar-refractivity contribution in [3.05, 3.63) is 96.1 Å². The van der Waals surface area contributed by atoms with Gasteiger partial charge in [0.05, 0.1) is 34.1 Å². The van der Waals surface area contributed by atoms with E-state index in [4.69, 9.17) is 14.5 Å². The number of thiazole rings is 1.